The van der Waals surface area contributed by atoms with Crippen molar-refractivity contribution in [1.29, 1.82) is 0 Å². The number of hydrogen-bond acceptors (Lipinski definition) is 6. The van der Waals surface area contributed by atoms with E-state index >= 15 is 0 Å². The number of para-hydroxylation sites is 2. The van der Waals surface area contributed by atoms with Gasteiger partial charge in [0.15, 0.2) is 0 Å². The Balaban J connectivity index is 1.56. The maximum atomic E-state index is 12.1. The van der Waals surface area contributed by atoms with E-state index in [1.54, 1.807) is 25.5 Å². The molecule has 0 radical (unpaired) electrons. The minimum Gasteiger partial charge on any atom is -0.496 e. The molecule has 2 aromatic rings. The summed E-state index contributed by atoms with van der Waals surface area (Å²) >= 11 is 0. The quantitative estimate of drug-likeness (QED) is 0.533. The van der Waals surface area contributed by atoms with Gasteiger partial charge in [0.1, 0.15) is 11.8 Å². The Morgan fingerprint density at radius 3 is 2.74 bits per heavy atom. The van der Waals surface area contributed by atoms with E-state index in [1.807, 2.05) is 42.5 Å². The molecule has 0 spiro atoms. The van der Waals surface area contributed by atoms with Gasteiger partial charge in [0.2, 0.25) is 11.9 Å². The Morgan fingerprint density at radius 2 is 1.96 bits per heavy atom. The first-order valence-electron chi connectivity index (χ1n) is 8.31. The molecule has 8 heteroatoms. The van der Waals surface area contributed by atoms with Crippen molar-refractivity contribution < 1.29 is 14.3 Å². The lowest BCUT2D eigenvalue weighted by Gasteiger charge is -2.06. The van der Waals surface area contributed by atoms with Crippen LogP contribution < -0.4 is 20.8 Å². The molecule has 1 atom stereocenters. The highest BCUT2D eigenvalue weighted by Gasteiger charge is 2.28. The predicted octanol–water partition coefficient (Wildman–Crippen LogP) is 1.50. The summed E-state index contributed by atoms with van der Waals surface area (Å²) < 4.78 is 5.23. The number of hydrazone groups is 1. The van der Waals surface area contributed by atoms with Gasteiger partial charge in [-0.05, 0) is 24.3 Å². The summed E-state index contributed by atoms with van der Waals surface area (Å²) in [4.78, 5) is 28.2. The molecule has 0 saturated heterocycles. The summed E-state index contributed by atoms with van der Waals surface area (Å²) in [6.45, 7) is 0. The first-order valence-corrected chi connectivity index (χ1v) is 8.31. The highest BCUT2D eigenvalue weighted by atomic mass is 16.5. The van der Waals surface area contributed by atoms with E-state index in [1.165, 1.54) is 0 Å². The van der Waals surface area contributed by atoms with Crippen LogP contribution in [0.5, 0.6) is 5.75 Å². The summed E-state index contributed by atoms with van der Waals surface area (Å²) in [5, 5.41) is 9.34. The topological polar surface area (TPSA) is 104 Å². The summed E-state index contributed by atoms with van der Waals surface area (Å²) in [6, 6.07) is 15.6. The zero-order valence-corrected chi connectivity index (χ0v) is 14.7. The smallest absolute Gasteiger partial charge is 0.252 e. The van der Waals surface area contributed by atoms with E-state index in [9.17, 15) is 9.59 Å². The van der Waals surface area contributed by atoms with Crippen LogP contribution in [0.25, 0.3) is 0 Å². The van der Waals surface area contributed by atoms with Crippen LogP contribution in [-0.4, -0.2) is 37.1 Å². The van der Waals surface area contributed by atoms with Crippen molar-refractivity contribution in [3.05, 3.63) is 60.2 Å². The maximum absolute atomic E-state index is 12.1. The van der Waals surface area contributed by atoms with Gasteiger partial charge < -0.3 is 10.1 Å². The highest BCUT2D eigenvalue weighted by Crippen LogP contribution is 2.14. The Labute approximate surface area is 156 Å². The predicted molar refractivity (Wildman–Crippen MR) is 103 cm³/mol. The van der Waals surface area contributed by atoms with Crippen LogP contribution in [-0.2, 0) is 9.59 Å². The van der Waals surface area contributed by atoms with Gasteiger partial charge in [-0.2, -0.15) is 5.10 Å². The van der Waals surface area contributed by atoms with Crippen molar-refractivity contribution >= 4 is 29.7 Å². The van der Waals surface area contributed by atoms with Crippen molar-refractivity contribution in [2.24, 2.45) is 10.1 Å². The number of rotatable bonds is 6. The second-order valence-corrected chi connectivity index (χ2v) is 5.71. The van der Waals surface area contributed by atoms with Crippen molar-refractivity contribution in [2.75, 3.05) is 12.4 Å². The molecule has 2 amide bonds. The van der Waals surface area contributed by atoms with Crippen LogP contribution in [0.2, 0.25) is 0 Å². The summed E-state index contributed by atoms with van der Waals surface area (Å²) in [7, 11) is 1.58. The fraction of sp³-hybridized carbons (Fsp3) is 0.158. The van der Waals surface area contributed by atoms with E-state index in [0.29, 0.717) is 11.4 Å². The van der Waals surface area contributed by atoms with Crippen molar-refractivity contribution in [3.63, 3.8) is 0 Å². The number of carbonyl (C=O) groups is 2. The average Bonchev–Trinajstić information content (AvgIpc) is 3.02. The molecule has 3 rings (SSSR count). The normalized spacial score (nSPS) is 16.0. The zero-order valence-electron chi connectivity index (χ0n) is 14.7. The first-order chi connectivity index (χ1) is 13.2. The van der Waals surface area contributed by atoms with Gasteiger partial charge in [-0.15, -0.1) is 0 Å². The number of hydrogen-bond donors (Lipinski definition) is 3. The number of nitrogens with one attached hydrogen (secondary N) is 3. The van der Waals surface area contributed by atoms with Crippen LogP contribution in [0.4, 0.5) is 5.69 Å². The lowest BCUT2D eigenvalue weighted by Crippen LogP contribution is -2.35. The average molecular weight is 365 g/mol. The third kappa shape index (κ3) is 4.91. The van der Waals surface area contributed by atoms with Gasteiger partial charge in [-0.3, -0.25) is 14.9 Å². The molecule has 0 aromatic heterocycles. The van der Waals surface area contributed by atoms with Crippen molar-refractivity contribution in [1.82, 2.24) is 10.7 Å². The first kappa shape index (κ1) is 18.1. The van der Waals surface area contributed by atoms with Crippen LogP contribution in [0.1, 0.15) is 12.0 Å². The molecule has 0 aliphatic carbocycles. The molecule has 0 unspecified atom stereocenters. The van der Waals surface area contributed by atoms with Gasteiger partial charge in [-0.1, -0.05) is 30.3 Å². The molecule has 1 aliphatic heterocycles. The largest absolute Gasteiger partial charge is 0.496 e. The van der Waals surface area contributed by atoms with Crippen LogP contribution in [0, 0.1) is 0 Å². The van der Waals surface area contributed by atoms with Crippen LogP contribution >= 0.6 is 0 Å². The minimum absolute atomic E-state index is 0.0534. The molecule has 3 N–H and O–H groups in total. The zero-order chi connectivity index (χ0) is 19.1. The number of amides is 2. The van der Waals surface area contributed by atoms with E-state index in [4.69, 9.17) is 4.74 Å². The third-order valence-corrected chi connectivity index (χ3v) is 3.78. The lowest BCUT2D eigenvalue weighted by molar-refractivity contribution is -0.123. The van der Waals surface area contributed by atoms with Gasteiger partial charge in [-0.25, -0.2) is 10.4 Å². The number of guanidine groups is 1. The van der Waals surface area contributed by atoms with Gasteiger partial charge in [0, 0.05) is 11.3 Å². The minimum atomic E-state index is -0.794. The monoisotopic (exact) mass is 365 g/mol. The molecule has 1 heterocycles. The molecule has 2 aromatic carbocycles. The summed E-state index contributed by atoms with van der Waals surface area (Å²) in [5.41, 5.74) is 4.11. The fourth-order valence-corrected chi connectivity index (χ4v) is 2.49. The molecular weight excluding hydrogens is 346 g/mol. The Bertz CT molecular complexity index is 880. The number of methoxy groups -OCH3 is 1. The standard InChI is InChI=1S/C19H19N5O3/c1-27-16-10-6-5-7-13(16)12-20-24-19-22-15(18(26)23-19)11-17(25)21-14-8-3-2-4-9-14/h2-10,12,15H,11H2,1H3,(H,21,25)(H2,22,23,24,26)/b20-12-/t15-/m1/s1. The molecule has 8 nitrogen and oxygen atoms in total. The number of aliphatic imine (C=N–C) groups is 1. The highest BCUT2D eigenvalue weighted by molar-refractivity contribution is 6.07. The van der Waals surface area contributed by atoms with E-state index in [0.717, 1.165) is 5.56 Å². The molecule has 0 bridgehead atoms. The molecule has 0 fully saturated rings. The SMILES string of the molecule is COc1ccccc1/C=N\NC1=N[C@H](CC(=O)Nc2ccccc2)C(=O)N1. The van der Waals surface area contributed by atoms with Gasteiger partial charge in [0.05, 0.1) is 19.7 Å². The molecule has 0 saturated carbocycles. The van der Waals surface area contributed by atoms with E-state index in [2.05, 4.69) is 26.2 Å². The van der Waals surface area contributed by atoms with Gasteiger partial charge >= 0.3 is 0 Å². The molecule has 138 valence electrons. The number of carbonyl (C=O) groups excluding carboxylic acids is 2. The number of ether oxygens (including phenoxy) is 1. The van der Waals surface area contributed by atoms with Crippen molar-refractivity contribution in [2.45, 2.75) is 12.5 Å². The second kappa shape index (κ2) is 8.61. The Kier molecular flexibility index (Phi) is 5.78. The van der Waals surface area contributed by atoms with E-state index < -0.39 is 6.04 Å². The molecule has 27 heavy (non-hydrogen) atoms. The number of nitrogens with zero attached hydrogens (tertiary/aromatic N) is 2. The Morgan fingerprint density at radius 1 is 1.22 bits per heavy atom. The van der Waals surface area contributed by atoms with Crippen LogP contribution in [0.15, 0.2) is 64.7 Å². The molecular formula is C19H19N5O3. The van der Waals surface area contributed by atoms with Crippen molar-refractivity contribution in [3.8, 4) is 5.75 Å². The number of anilines is 1. The number of benzene rings is 2. The third-order valence-electron chi connectivity index (χ3n) is 3.78. The van der Waals surface area contributed by atoms with Gasteiger partial charge in [0.25, 0.3) is 5.91 Å². The molecule has 1 aliphatic rings. The fourth-order valence-electron chi connectivity index (χ4n) is 2.49. The maximum Gasteiger partial charge on any atom is 0.252 e. The second-order valence-electron chi connectivity index (χ2n) is 5.71. The Hall–Kier alpha value is -3.68. The summed E-state index contributed by atoms with van der Waals surface area (Å²) in [6.07, 6.45) is 1.51. The van der Waals surface area contributed by atoms with E-state index in [-0.39, 0.29) is 24.2 Å². The van der Waals surface area contributed by atoms with Crippen LogP contribution in [0.3, 0.4) is 0 Å². The summed E-state index contributed by atoms with van der Waals surface area (Å²) in [5.74, 6) is 0.233. The lowest BCUT2D eigenvalue weighted by atomic mass is 10.2.